The van der Waals surface area contributed by atoms with Crippen LogP contribution in [0.2, 0.25) is 0 Å². The number of hydrogen-bond acceptors (Lipinski definition) is 2. The second-order valence-electron chi connectivity index (χ2n) is 5.35. The van der Waals surface area contributed by atoms with E-state index >= 15 is 0 Å². The third-order valence-corrected chi connectivity index (χ3v) is 3.77. The number of ether oxygens (including phenoxy) is 1. The predicted octanol–water partition coefficient (Wildman–Crippen LogP) is 3.30. The van der Waals surface area contributed by atoms with Crippen LogP contribution < -0.4 is 5.73 Å². The van der Waals surface area contributed by atoms with Gasteiger partial charge in [0.05, 0.1) is 6.10 Å². The van der Waals surface area contributed by atoms with Crippen molar-refractivity contribution in [2.24, 2.45) is 5.73 Å². The SMILES string of the molecule is NC(CCCC1CCCO1)CCc1ccccc1. The van der Waals surface area contributed by atoms with Gasteiger partial charge in [-0.2, -0.15) is 0 Å². The van der Waals surface area contributed by atoms with E-state index in [1.165, 1.54) is 31.2 Å². The minimum absolute atomic E-state index is 0.339. The van der Waals surface area contributed by atoms with Crippen molar-refractivity contribution in [3.8, 4) is 0 Å². The van der Waals surface area contributed by atoms with Gasteiger partial charge in [-0.1, -0.05) is 30.3 Å². The minimum atomic E-state index is 0.339. The monoisotopic (exact) mass is 247 g/mol. The molecule has 2 unspecified atom stereocenters. The Balaban J connectivity index is 1.56. The summed E-state index contributed by atoms with van der Waals surface area (Å²) in [6, 6.07) is 11.0. The summed E-state index contributed by atoms with van der Waals surface area (Å²) in [5.74, 6) is 0. The van der Waals surface area contributed by atoms with Gasteiger partial charge < -0.3 is 10.5 Å². The fourth-order valence-corrected chi connectivity index (χ4v) is 2.62. The van der Waals surface area contributed by atoms with Crippen molar-refractivity contribution in [2.45, 2.75) is 57.1 Å². The Morgan fingerprint density at radius 2 is 2.06 bits per heavy atom. The second kappa shape index (κ2) is 7.55. The molecular formula is C16H25NO. The molecule has 0 radical (unpaired) electrons. The van der Waals surface area contributed by atoms with Crippen molar-refractivity contribution < 1.29 is 4.74 Å². The van der Waals surface area contributed by atoms with E-state index < -0.39 is 0 Å². The van der Waals surface area contributed by atoms with E-state index in [4.69, 9.17) is 10.5 Å². The number of benzene rings is 1. The zero-order valence-corrected chi connectivity index (χ0v) is 11.2. The van der Waals surface area contributed by atoms with E-state index in [-0.39, 0.29) is 0 Å². The van der Waals surface area contributed by atoms with E-state index in [1.54, 1.807) is 0 Å². The normalized spacial score (nSPS) is 21.1. The van der Waals surface area contributed by atoms with Gasteiger partial charge in [0, 0.05) is 12.6 Å². The third kappa shape index (κ3) is 4.79. The Bertz CT molecular complexity index is 319. The number of nitrogens with two attached hydrogens (primary N) is 1. The lowest BCUT2D eigenvalue weighted by Crippen LogP contribution is -2.21. The van der Waals surface area contributed by atoms with Crippen LogP contribution in [0.25, 0.3) is 0 Å². The molecule has 2 rings (SSSR count). The fraction of sp³-hybridized carbons (Fsp3) is 0.625. The Labute approximate surface area is 111 Å². The van der Waals surface area contributed by atoms with Crippen molar-refractivity contribution >= 4 is 0 Å². The van der Waals surface area contributed by atoms with Crippen LogP contribution in [0.15, 0.2) is 30.3 Å². The van der Waals surface area contributed by atoms with Gasteiger partial charge in [0.25, 0.3) is 0 Å². The van der Waals surface area contributed by atoms with Crippen LogP contribution in [0, 0.1) is 0 Å². The van der Waals surface area contributed by atoms with Crippen LogP contribution in [-0.2, 0) is 11.2 Å². The molecule has 0 aliphatic carbocycles. The largest absolute Gasteiger partial charge is 0.378 e. The molecule has 0 bridgehead atoms. The molecule has 1 heterocycles. The van der Waals surface area contributed by atoms with E-state index in [0.29, 0.717) is 12.1 Å². The van der Waals surface area contributed by atoms with Gasteiger partial charge in [-0.25, -0.2) is 0 Å². The molecule has 0 aromatic heterocycles. The number of aryl methyl sites for hydroxylation is 1. The van der Waals surface area contributed by atoms with Gasteiger partial charge in [-0.3, -0.25) is 0 Å². The van der Waals surface area contributed by atoms with Crippen LogP contribution in [-0.4, -0.2) is 18.8 Å². The average molecular weight is 247 g/mol. The number of rotatable bonds is 7. The van der Waals surface area contributed by atoms with Gasteiger partial charge >= 0.3 is 0 Å². The Kier molecular flexibility index (Phi) is 5.69. The molecular weight excluding hydrogens is 222 g/mol. The molecule has 0 spiro atoms. The highest BCUT2D eigenvalue weighted by Crippen LogP contribution is 2.18. The molecule has 100 valence electrons. The zero-order valence-electron chi connectivity index (χ0n) is 11.2. The molecule has 18 heavy (non-hydrogen) atoms. The molecule has 1 aliphatic rings. The van der Waals surface area contributed by atoms with Crippen LogP contribution >= 0.6 is 0 Å². The summed E-state index contributed by atoms with van der Waals surface area (Å²) in [4.78, 5) is 0. The molecule has 0 saturated carbocycles. The summed E-state index contributed by atoms with van der Waals surface area (Å²) in [6.45, 7) is 0.963. The second-order valence-corrected chi connectivity index (χ2v) is 5.35. The fourth-order valence-electron chi connectivity index (χ4n) is 2.62. The third-order valence-electron chi connectivity index (χ3n) is 3.77. The molecule has 1 aromatic rings. The van der Waals surface area contributed by atoms with Crippen molar-refractivity contribution in [3.63, 3.8) is 0 Å². The Hall–Kier alpha value is -0.860. The van der Waals surface area contributed by atoms with Crippen molar-refractivity contribution in [1.29, 1.82) is 0 Å². The molecule has 2 N–H and O–H groups in total. The summed E-state index contributed by atoms with van der Waals surface area (Å²) in [5.41, 5.74) is 7.56. The smallest absolute Gasteiger partial charge is 0.0576 e. The van der Waals surface area contributed by atoms with Gasteiger partial charge in [0.2, 0.25) is 0 Å². The predicted molar refractivity (Wildman–Crippen MR) is 75.6 cm³/mol. The summed E-state index contributed by atoms with van der Waals surface area (Å²) in [7, 11) is 0. The molecule has 0 amide bonds. The first-order valence-electron chi connectivity index (χ1n) is 7.25. The highest BCUT2D eigenvalue weighted by molar-refractivity contribution is 5.14. The van der Waals surface area contributed by atoms with Crippen LogP contribution in [0.3, 0.4) is 0 Å². The van der Waals surface area contributed by atoms with Gasteiger partial charge in [-0.05, 0) is 50.5 Å². The standard InChI is InChI=1S/C16H25NO/c17-15(8-4-9-16-10-5-13-18-16)12-11-14-6-2-1-3-7-14/h1-3,6-7,15-16H,4-5,8-13,17H2. The van der Waals surface area contributed by atoms with Crippen LogP contribution in [0.1, 0.15) is 44.1 Å². The molecule has 2 nitrogen and oxygen atoms in total. The summed E-state index contributed by atoms with van der Waals surface area (Å²) in [5, 5.41) is 0. The highest BCUT2D eigenvalue weighted by Gasteiger charge is 2.15. The van der Waals surface area contributed by atoms with Gasteiger partial charge in [0.15, 0.2) is 0 Å². The molecule has 2 atom stereocenters. The van der Waals surface area contributed by atoms with Gasteiger partial charge in [0.1, 0.15) is 0 Å². The maximum Gasteiger partial charge on any atom is 0.0576 e. The van der Waals surface area contributed by atoms with Crippen LogP contribution in [0.4, 0.5) is 0 Å². The molecule has 2 heteroatoms. The van der Waals surface area contributed by atoms with Crippen molar-refractivity contribution in [2.75, 3.05) is 6.61 Å². The number of hydrogen-bond donors (Lipinski definition) is 1. The Morgan fingerprint density at radius 1 is 1.22 bits per heavy atom. The van der Waals surface area contributed by atoms with E-state index in [9.17, 15) is 0 Å². The highest BCUT2D eigenvalue weighted by atomic mass is 16.5. The lowest BCUT2D eigenvalue weighted by Gasteiger charge is -2.13. The van der Waals surface area contributed by atoms with Crippen LogP contribution in [0.5, 0.6) is 0 Å². The first kappa shape index (κ1) is 13.6. The van der Waals surface area contributed by atoms with Gasteiger partial charge in [-0.15, -0.1) is 0 Å². The van der Waals surface area contributed by atoms with Crippen molar-refractivity contribution in [1.82, 2.24) is 0 Å². The summed E-state index contributed by atoms with van der Waals surface area (Å²) in [6.07, 6.45) is 8.74. The Morgan fingerprint density at radius 3 is 2.78 bits per heavy atom. The molecule has 1 saturated heterocycles. The lowest BCUT2D eigenvalue weighted by molar-refractivity contribution is 0.101. The quantitative estimate of drug-likeness (QED) is 0.802. The minimum Gasteiger partial charge on any atom is -0.378 e. The average Bonchev–Trinajstić information content (AvgIpc) is 2.91. The van der Waals surface area contributed by atoms with E-state index in [1.807, 2.05) is 0 Å². The maximum absolute atomic E-state index is 6.17. The maximum atomic E-state index is 6.17. The molecule has 1 aliphatic heterocycles. The van der Waals surface area contributed by atoms with E-state index in [2.05, 4.69) is 30.3 Å². The first-order chi connectivity index (χ1) is 8.84. The summed E-state index contributed by atoms with van der Waals surface area (Å²) < 4.78 is 5.62. The topological polar surface area (TPSA) is 35.2 Å². The summed E-state index contributed by atoms with van der Waals surface area (Å²) >= 11 is 0. The first-order valence-corrected chi connectivity index (χ1v) is 7.25. The van der Waals surface area contributed by atoms with E-state index in [0.717, 1.165) is 25.9 Å². The van der Waals surface area contributed by atoms with Crippen molar-refractivity contribution in [3.05, 3.63) is 35.9 Å². The zero-order chi connectivity index (χ0) is 12.6. The lowest BCUT2D eigenvalue weighted by atomic mass is 10.00. The molecule has 1 aromatic carbocycles. The molecule has 1 fully saturated rings.